The maximum absolute atomic E-state index is 12.5. The summed E-state index contributed by atoms with van der Waals surface area (Å²) in [6.07, 6.45) is 5.35. The number of nitrogens with one attached hydrogen (secondary N) is 1. The highest BCUT2D eigenvalue weighted by molar-refractivity contribution is 8.00. The lowest BCUT2D eigenvalue weighted by Crippen LogP contribution is -2.14. The lowest BCUT2D eigenvalue weighted by Gasteiger charge is -2.09. The van der Waals surface area contributed by atoms with E-state index in [-0.39, 0.29) is 12.7 Å². The van der Waals surface area contributed by atoms with Crippen molar-refractivity contribution in [1.82, 2.24) is 9.97 Å². The molecule has 1 N–H and O–H groups in total. The van der Waals surface area contributed by atoms with Gasteiger partial charge in [-0.3, -0.25) is 4.79 Å². The van der Waals surface area contributed by atoms with Crippen molar-refractivity contribution >= 4 is 45.0 Å². The van der Waals surface area contributed by atoms with Gasteiger partial charge in [0.05, 0.1) is 17.0 Å². The second-order valence-corrected chi connectivity index (χ2v) is 9.18. The first-order valence-corrected chi connectivity index (χ1v) is 11.6. The molecule has 0 spiro atoms. The van der Waals surface area contributed by atoms with E-state index < -0.39 is 0 Å². The van der Waals surface area contributed by atoms with Gasteiger partial charge < -0.3 is 14.8 Å². The SMILES string of the molecule is CCc1cc2cc3c(cc2nc1SCC(=O)Nc1nc2c(s1)CCCC2)OCO3. The van der Waals surface area contributed by atoms with E-state index in [1.165, 1.54) is 29.5 Å². The Bertz CT molecular complexity index is 1070. The van der Waals surface area contributed by atoms with E-state index in [0.717, 1.165) is 63.1 Å². The van der Waals surface area contributed by atoms with Gasteiger partial charge in [0, 0.05) is 16.3 Å². The summed E-state index contributed by atoms with van der Waals surface area (Å²) in [5.74, 6) is 1.74. The second-order valence-electron chi connectivity index (χ2n) is 7.14. The van der Waals surface area contributed by atoms with Crippen LogP contribution in [-0.4, -0.2) is 28.4 Å². The summed E-state index contributed by atoms with van der Waals surface area (Å²) in [6.45, 7) is 2.34. The molecule has 2 aliphatic rings. The van der Waals surface area contributed by atoms with E-state index in [4.69, 9.17) is 14.5 Å². The Morgan fingerprint density at radius 1 is 1.17 bits per heavy atom. The van der Waals surface area contributed by atoms with Gasteiger partial charge in [-0.25, -0.2) is 9.97 Å². The van der Waals surface area contributed by atoms with Crippen LogP contribution in [-0.2, 0) is 24.1 Å². The molecule has 0 saturated carbocycles. The first kappa shape index (κ1) is 18.7. The zero-order valence-electron chi connectivity index (χ0n) is 16.1. The van der Waals surface area contributed by atoms with Crippen LogP contribution in [0, 0.1) is 0 Å². The number of aromatic nitrogens is 2. The van der Waals surface area contributed by atoms with Gasteiger partial charge in [0.1, 0.15) is 5.03 Å². The average molecular weight is 428 g/mol. The van der Waals surface area contributed by atoms with E-state index in [1.54, 1.807) is 11.3 Å². The van der Waals surface area contributed by atoms with Crippen LogP contribution in [0.3, 0.4) is 0 Å². The van der Waals surface area contributed by atoms with Crippen molar-refractivity contribution in [1.29, 1.82) is 0 Å². The quantitative estimate of drug-likeness (QED) is 0.600. The minimum Gasteiger partial charge on any atom is -0.454 e. The van der Waals surface area contributed by atoms with Crippen LogP contribution in [0.25, 0.3) is 10.9 Å². The lowest BCUT2D eigenvalue weighted by atomic mass is 10.0. The summed E-state index contributed by atoms with van der Waals surface area (Å²) in [5.41, 5.74) is 3.13. The normalized spacial score (nSPS) is 14.8. The van der Waals surface area contributed by atoms with Crippen molar-refractivity contribution in [3.63, 3.8) is 0 Å². The molecule has 8 heteroatoms. The number of rotatable bonds is 5. The van der Waals surface area contributed by atoms with Crippen molar-refractivity contribution in [3.05, 3.63) is 34.3 Å². The zero-order chi connectivity index (χ0) is 19.8. The molecule has 0 radical (unpaired) electrons. The predicted octanol–water partition coefficient (Wildman–Crippen LogP) is 4.59. The number of carbonyl (C=O) groups excluding carboxylic acids is 1. The minimum atomic E-state index is -0.0456. The number of hydrogen-bond donors (Lipinski definition) is 1. The van der Waals surface area contributed by atoms with Gasteiger partial charge in [0.15, 0.2) is 16.6 Å². The highest BCUT2D eigenvalue weighted by Crippen LogP contribution is 2.37. The molecule has 29 heavy (non-hydrogen) atoms. The molecule has 1 aliphatic carbocycles. The summed E-state index contributed by atoms with van der Waals surface area (Å²) < 4.78 is 10.9. The van der Waals surface area contributed by atoms with Crippen molar-refractivity contribution in [2.45, 2.75) is 44.1 Å². The number of nitrogens with zero attached hydrogens (tertiary/aromatic N) is 2. The summed E-state index contributed by atoms with van der Waals surface area (Å²) >= 11 is 3.08. The average Bonchev–Trinajstić information content (AvgIpc) is 3.35. The lowest BCUT2D eigenvalue weighted by molar-refractivity contribution is -0.113. The molecule has 0 fully saturated rings. The number of thiazole rings is 1. The molecule has 6 nitrogen and oxygen atoms in total. The zero-order valence-corrected chi connectivity index (χ0v) is 17.8. The van der Waals surface area contributed by atoms with Crippen LogP contribution in [0.15, 0.2) is 23.2 Å². The van der Waals surface area contributed by atoms with Crippen LogP contribution in [0.5, 0.6) is 11.5 Å². The third-order valence-corrected chi connectivity index (χ3v) is 7.27. The molecular formula is C21H21N3O3S2. The Morgan fingerprint density at radius 2 is 2.00 bits per heavy atom. The van der Waals surface area contributed by atoms with Crippen LogP contribution in [0.4, 0.5) is 5.13 Å². The number of hydrogen-bond acceptors (Lipinski definition) is 7. The molecule has 1 amide bonds. The van der Waals surface area contributed by atoms with Crippen molar-refractivity contribution < 1.29 is 14.3 Å². The summed E-state index contributed by atoms with van der Waals surface area (Å²) in [6, 6.07) is 6.00. The van der Waals surface area contributed by atoms with Gasteiger partial charge >= 0.3 is 0 Å². The van der Waals surface area contributed by atoms with Crippen LogP contribution in [0.2, 0.25) is 0 Å². The van der Waals surface area contributed by atoms with E-state index in [0.29, 0.717) is 5.75 Å². The number of pyridine rings is 1. The minimum absolute atomic E-state index is 0.0456. The molecular weight excluding hydrogens is 406 g/mol. The molecule has 3 aromatic rings. The molecule has 0 saturated heterocycles. The van der Waals surface area contributed by atoms with E-state index in [2.05, 4.69) is 23.3 Å². The third-order valence-electron chi connectivity index (χ3n) is 5.16. The van der Waals surface area contributed by atoms with Crippen LogP contribution in [0.1, 0.15) is 35.9 Å². The van der Waals surface area contributed by atoms with Crippen molar-refractivity contribution in [3.8, 4) is 11.5 Å². The molecule has 2 aromatic heterocycles. The highest BCUT2D eigenvalue weighted by atomic mass is 32.2. The van der Waals surface area contributed by atoms with E-state index >= 15 is 0 Å². The maximum Gasteiger partial charge on any atom is 0.236 e. The smallest absolute Gasteiger partial charge is 0.236 e. The maximum atomic E-state index is 12.5. The monoisotopic (exact) mass is 427 g/mol. The number of aryl methyl sites for hydroxylation is 3. The first-order valence-electron chi connectivity index (χ1n) is 9.84. The Hall–Kier alpha value is -2.32. The Morgan fingerprint density at radius 3 is 2.83 bits per heavy atom. The van der Waals surface area contributed by atoms with Gasteiger partial charge in [-0.05, 0) is 49.8 Å². The second kappa shape index (κ2) is 7.84. The largest absolute Gasteiger partial charge is 0.454 e. The third kappa shape index (κ3) is 3.79. The molecule has 0 atom stereocenters. The Balaban J connectivity index is 1.31. The number of fused-ring (bicyclic) bond motifs is 3. The number of anilines is 1. The number of amides is 1. The first-order chi connectivity index (χ1) is 14.2. The van der Waals surface area contributed by atoms with Gasteiger partial charge in [0.2, 0.25) is 12.7 Å². The fourth-order valence-electron chi connectivity index (χ4n) is 3.66. The summed E-state index contributed by atoms with van der Waals surface area (Å²) in [4.78, 5) is 23.2. The van der Waals surface area contributed by atoms with E-state index in [1.807, 2.05) is 12.1 Å². The molecule has 0 unspecified atom stereocenters. The fraction of sp³-hybridized carbons (Fsp3) is 0.381. The Kier molecular flexibility index (Phi) is 5.05. The fourth-order valence-corrected chi connectivity index (χ4v) is 5.62. The number of thioether (sulfide) groups is 1. The van der Waals surface area contributed by atoms with Gasteiger partial charge in [-0.1, -0.05) is 18.7 Å². The molecule has 1 aliphatic heterocycles. The highest BCUT2D eigenvalue weighted by Gasteiger charge is 2.18. The van der Waals surface area contributed by atoms with Crippen molar-refractivity contribution in [2.24, 2.45) is 0 Å². The van der Waals surface area contributed by atoms with Crippen LogP contribution < -0.4 is 14.8 Å². The predicted molar refractivity (Wildman–Crippen MR) is 115 cm³/mol. The summed E-state index contributed by atoms with van der Waals surface area (Å²) in [5, 5.41) is 5.58. The van der Waals surface area contributed by atoms with E-state index in [9.17, 15) is 4.79 Å². The molecule has 150 valence electrons. The number of carbonyl (C=O) groups is 1. The molecule has 5 rings (SSSR count). The van der Waals surface area contributed by atoms with Crippen LogP contribution >= 0.6 is 23.1 Å². The van der Waals surface area contributed by atoms with Gasteiger partial charge in [0.25, 0.3) is 0 Å². The standard InChI is InChI=1S/C21H21N3O3S2/c1-2-12-7-13-8-16-17(27-11-26-16)9-15(13)22-20(12)28-10-19(25)24-21-23-14-5-3-4-6-18(14)29-21/h7-9H,2-6,10-11H2,1H3,(H,23,24,25). The number of benzene rings is 1. The molecule has 0 bridgehead atoms. The molecule has 1 aromatic carbocycles. The number of ether oxygens (including phenoxy) is 2. The summed E-state index contributed by atoms with van der Waals surface area (Å²) in [7, 11) is 0. The van der Waals surface area contributed by atoms with Crippen molar-refractivity contribution in [2.75, 3.05) is 17.9 Å². The topological polar surface area (TPSA) is 73.3 Å². The molecule has 3 heterocycles. The Labute approximate surface area is 177 Å². The van der Waals surface area contributed by atoms with Gasteiger partial charge in [-0.15, -0.1) is 11.3 Å². The van der Waals surface area contributed by atoms with Gasteiger partial charge in [-0.2, -0.15) is 0 Å².